The molecule has 1 N–H and O–H groups in total. The fourth-order valence-electron chi connectivity index (χ4n) is 2.71. The van der Waals surface area contributed by atoms with E-state index in [-0.39, 0.29) is 6.61 Å². The van der Waals surface area contributed by atoms with Crippen LogP contribution in [0.1, 0.15) is 17.5 Å². The summed E-state index contributed by atoms with van der Waals surface area (Å²) in [5.41, 5.74) is 2.32. The van der Waals surface area contributed by atoms with Gasteiger partial charge in [0.1, 0.15) is 23.5 Å². The van der Waals surface area contributed by atoms with Crippen LogP contribution in [0.15, 0.2) is 48.5 Å². The Kier molecular flexibility index (Phi) is 6.02. The van der Waals surface area contributed by atoms with Gasteiger partial charge in [-0.3, -0.25) is 4.90 Å². The van der Waals surface area contributed by atoms with Crippen LogP contribution in [0.25, 0.3) is 10.2 Å². The van der Waals surface area contributed by atoms with E-state index in [0.717, 1.165) is 29.2 Å². The lowest BCUT2D eigenvalue weighted by Gasteiger charge is -2.19. The minimum atomic E-state index is -0.537. The topological polar surface area (TPSA) is 45.6 Å². The number of rotatable bonds is 8. The molecule has 4 nitrogen and oxygen atoms in total. The predicted octanol–water partition coefficient (Wildman–Crippen LogP) is 3.73. The van der Waals surface area contributed by atoms with E-state index >= 15 is 0 Å². The summed E-state index contributed by atoms with van der Waals surface area (Å²) in [4.78, 5) is 6.71. The van der Waals surface area contributed by atoms with Crippen molar-refractivity contribution in [2.45, 2.75) is 26.0 Å². The van der Waals surface area contributed by atoms with Crippen LogP contribution in [-0.4, -0.2) is 41.3 Å². The summed E-state index contributed by atoms with van der Waals surface area (Å²) in [5, 5.41) is 11.3. The molecule has 1 aromatic heterocycles. The average Bonchev–Trinajstić information content (AvgIpc) is 3.02. The zero-order chi connectivity index (χ0) is 17.6. The fourth-order valence-corrected chi connectivity index (χ4v) is 3.76. The van der Waals surface area contributed by atoms with Gasteiger partial charge in [-0.2, -0.15) is 0 Å². The molecule has 2 aromatic carbocycles. The number of thiazole rings is 1. The van der Waals surface area contributed by atoms with Crippen molar-refractivity contribution in [1.29, 1.82) is 0 Å². The van der Waals surface area contributed by atoms with E-state index in [1.54, 1.807) is 11.3 Å². The Morgan fingerprint density at radius 1 is 1.16 bits per heavy atom. The SMILES string of the molecule is CCc1ccc(OCC(O)CN(C)Cc2nc3ccccc3s2)cc1. The molecule has 0 aliphatic rings. The lowest BCUT2D eigenvalue weighted by Crippen LogP contribution is -2.32. The molecule has 0 fully saturated rings. The molecule has 1 unspecified atom stereocenters. The lowest BCUT2D eigenvalue weighted by molar-refractivity contribution is 0.0744. The minimum Gasteiger partial charge on any atom is -0.491 e. The number of aliphatic hydroxyl groups excluding tert-OH is 1. The first-order valence-electron chi connectivity index (χ1n) is 8.57. The number of aryl methyl sites for hydroxylation is 1. The van der Waals surface area contributed by atoms with Gasteiger partial charge in [0.25, 0.3) is 0 Å². The van der Waals surface area contributed by atoms with Crippen molar-refractivity contribution >= 4 is 21.6 Å². The van der Waals surface area contributed by atoms with Gasteiger partial charge in [0, 0.05) is 6.54 Å². The Hall–Kier alpha value is -1.95. The Labute approximate surface area is 152 Å². The van der Waals surface area contributed by atoms with Gasteiger partial charge >= 0.3 is 0 Å². The number of fused-ring (bicyclic) bond motifs is 1. The predicted molar refractivity (Wildman–Crippen MR) is 103 cm³/mol. The Bertz CT molecular complexity index is 768. The first-order chi connectivity index (χ1) is 12.1. The summed E-state index contributed by atoms with van der Waals surface area (Å²) in [5.74, 6) is 0.796. The molecular formula is C20H24N2O2S. The standard InChI is InChI=1S/C20H24N2O2S/c1-3-15-8-10-17(11-9-15)24-14-16(23)12-22(2)13-20-21-18-6-4-5-7-19(18)25-20/h4-11,16,23H,3,12-14H2,1-2H3. The van der Waals surface area contributed by atoms with Crippen molar-refractivity contribution in [2.75, 3.05) is 20.2 Å². The zero-order valence-corrected chi connectivity index (χ0v) is 15.5. The summed E-state index contributed by atoms with van der Waals surface area (Å²) in [6.07, 6.45) is 0.477. The molecule has 5 heteroatoms. The summed E-state index contributed by atoms with van der Waals surface area (Å²) in [6.45, 7) is 3.68. The van der Waals surface area contributed by atoms with E-state index in [4.69, 9.17) is 4.74 Å². The van der Waals surface area contributed by atoms with E-state index in [2.05, 4.69) is 35.0 Å². The number of ether oxygens (including phenoxy) is 1. The van der Waals surface area contributed by atoms with Gasteiger partial charge in [0.15, 0.2) is 0 Å². The molecule has 1 atom stereocenters. The van der Waals surface area contributed by atoms with E-state index in [0.29, 0.717) is 6.54 Å². The highest BCUT2D eigenvalue weighted by Crippen LogP contribution is 2.22. The highest BCUT2D eigenvalue weighted by Gasteiger charge is 2.12. The minimum absolute atomic E-state index is 0.287. The maximum atomic E-state index is 10.2. The number of nitrogens with zero attached hydrogens (tertiary/aromatic N) is 2. The smallest absolute Gasteiger partial charge is 0.119 e. The normalized spacial score (nSPS) is 12.6. The van der Waals surface area contributed by atoms with Gasteiger partial charge < -0.3 is 9.84 Å². The van der Waals surface area contributed by atoms with Crippen molar-refractivity contribution in [3.8, 4) is 5.75 Å². The summed E-state index contributed by atoms with van der Waals surface area (Å²) in [7, 11) is 1.99. The van der Waals surface area contributed by atoms with E-state index in [1.807, 2.05) is 37.4 Å². The molecular weight excluding hydrogens is 332 g/mol. The number of likely N-dealkylation sites (N-methyl/N-ethyl adjacent to an activating group) is 1. The highest BCUT2D eigenvalue weighted by molar-refractivity contribution is 7.18. The first kappa shape index (κ1) is 17.9. The van der Waals surface area contributed by atoms with Gasteiger partial charge in [-0.05, 0) is 43.3 Å². The van der Waals surface area contributed by atoms with Crippen LogP contribution in [0.3, 0.4) is 0 Å². The molecule has 0 aliphatic carbocycles. The number of para-hydroxylation sites is 1. The number of aliphatic hydroxyl groups is 1. The molecule has 0 radical (unpaired) electrons. The van der Waals surface area contributed by atoms with Crippen molar-refractivity contribution < 1.29 is 9.84 Å². The van der Waals surface area contributed by atoms with Crippen molar-refractivity contribution in [3.63, 3.8) is 0 Å². The van der Waals surface area contributed by atoms with Gasteiger partial charge in [0.2, 0.25) is 0 Å². The molecule has 0 amide bonds. The van der Waals surface area contributed by atoms with Crippen molar-refractivity contribution in [1.82, 2.24) is 9.88 Å². The molecule has 0 bridgehead atoms. The van der Waals surface area contributed by atoms with Crippen LogP contribution in [-0.2, 0) is 13.0 Å². The quantitative estimate of drug-likeness (QED) is 0.668. The van der Waals surface area contributed by atoms with Crippen LogP contribution in [0.4, 0.5) is 0 Å². The second-order valence-corrected chi connectivity index (χ2v) is 7.35. The van der Waals surface area contributed by atoms with Crippen molar-refractivity contribution in [2.24, 2.45) is 0 Å². The number of benzene rings is 2. The molecule has 3 aromatic rings. The third-order valence-corrected chi connectivity index (χ3v) is 5.06. The third kappa shape index (κ3) is 5.01. The highest BCUT2D eigenvalue weighted by atomic mass is 32.1. The number of aromatic nitrogens is 1. The summed E-state index contributed by atoms with van der Waals surface area (Å²) in [6, 6.07) is 16.2. The maximum Gasteiger partial charge on any atom is 0.119 e. The molecule has 0 aliphatic heterocycles. The van der Waals surface area contributed by atoms with Crippen LogP contribution in [0.2, 0.25) is 0 Å². The fraction of sp³-hybridized carbons (Fsp3) is 0.350. The molecule has 0 spiro atoms. The first-order valence-corrected chi connectivity index (χ1v) is 9.38. The van der Waals surface area contributed by atoms with E-state index in [1.165, 1.54) is 10.3 Å². The second-order valence-electron chi connectivity index (χ2n) is 6.23. The average molecular weight is 356 g/mol. The maximum absolute atomic E-state index is 10.2. The van der Waals surface area contributed by atoms with Gasteiger partial charge in [-0.25, -0.2) is 4.98 Å². The monoisotopic (exact) mass is 356 g/mol. The molecule has 132 valence electrons. The van der Waals surface area contributed by atoms with Gasteiger partial charge in [0.05, 0.1) is 16.8 Å². The summed E-state index contributed by atoms with van der Waals surface area (Å²) < 4.78 is 6.88. The van der Waals surface area contributed by atoms with Crippen LogP contribution >= 0.6 is 11.3 Å². The lowest BCUT2D eigenvalue weighted by atomic mass is 10.2. The Morgan fingerprint density at radius 3 is 2.64 bits per heavy atom. The van der Waals surface area contributed by atoms with E-state index in [9.17, 15) is 5.11 Å². The molecule has 0 saturated heterocycles. The third-order valence-electron chi connectivity index (χ3n) is 4.04. The molecule has 3 rings (SSSR count). The van der Waals surface area contributed by atoms with Crippen LogP contribution in [0, 0.1) is 0 Å². The second kappa shape index (κ2) is 8.43. The van der Waals surface area contributed by atoms with Crippen LogP contribution in [0.5, 0.6) is 5.75 Å². The molecule has 0 saturated carbocycles. The van der Waals surface area contributed by atoms with Crippen molar-refractivity contribution in [3.05, 3.63) is 59.1 Å². The Balaban J connectivity index is 1.47. The zero-order valence-electron chi connectivity index (χ0n) is 14.7. The van der Waals surface area contributed by atoms with Gasteiger partial charge in [-0.15, -0.1) is 11.3 Å². The largest absolute Gasteiger partial charge is 0.491 e. The molecule has 25 heavy (non-hydrogen) atoms. The number of hydrogen-bond acceptors (Lipinski definition) is 5. The molecule has 1 heterocycles. The van der Waals surface area contributed by atoms with Crippen LogP contribution < -0.4 is 4.74 Å². The Morgan fingerprint density at radius 2 is 1.92 bits per heavy atom. The number of hydrogen-bond donors (Lipinski definition) is 1. The summed E-state index contributed by atoms with van der Waals surface area (Å²) >= 11 is 1.70. The van der Waals surface area contributed by atoms with E-state index < -0.39 is 6.10 Å². The van der Waals surface area contributed by atoms with Gasteiger partial charge in [-0.1, -0.05) is 31.2 Å².